The standard InChI is InChI=1S/C19H22N2O4/c1-14(20-22)16-4-8-18(9-5-16)24-12-3-13-25-19-10-6-17(7-11-19)15(2)21-23/h4-11,20-23H,1-3,12-13H2. The van der Waals surface area contributed by atoms with E-state index in [0.717, 1.165) is 29.0 Å². The lowest BCUT2D eigenvalue weighted by Gasteiger charge is -2.10. The summed E-state index contributed by atoms with van der Waals surface area (Å²) in [4.78, 5) is 0. The SMILES string of the molecule is C=C(NO)c1ccc(OCCCOc2ccc(C(=C)NO)cc2)cc1. The first-order chi connectivity index (χ1) is 12.1. The van der Waals surface area contributed by atoms with Gasteiger partial charge in [-0.05, 0) is 59.7 Å². The first-order valence-electron chi connectivity index (χ1n) is 7.78. The van der Waals surface area contributed by atoms with E-state index < -0.39 is 0 Å². The van der Waals surface area contributed by atoms with Gasteiger partial charge in [-0.2, -0.15) is 0 Å². The van der Waals surface area contributed by atoms with Gasteiger partial charge in [0.1, 0.15) is 11.5 Å². The van der Waals surface area contributed by atoms with E-state index in [1.54, 1.807) is 0 Å². The molecule has 0 aliphatic heterocycles. The van der Waals surface area contributed by atoms with Crippen molar-refractivity contribution < 1.29 is 19.9 Å². The number of hydroxylamine groups is 2. The zero-order valence-corrected chi connectivity index (χ0v) is 13.9. The van der Waals surface area contributed by atoms with Gasteiger partial charge in [-0.25, -0.2) is 0 Å². The van der Waals surface area contributed by atoms with Gasteiger partial charge in [0.2, 0.25) is 0 Å². The van der Waals surface area contributed by atoms with Crippen molar-refractivity contribution in [2.24, 2.45) is 0 Å². The molecule has 0 spiro atoms. The van der Waals surface area contributed by atoms with Crippen LogP contribution in [0.2, 0.25) is 0 Å². The minimum Gasteiger partial charge on any atom is -0.493 e. The normalized spacial score (nSPS) is 10.0. The molecule has 0 heterocycles. The van der Waals surface area contributed by atoms with Crippen LogP contribution >= 0.6 is 0 Å². The molecule has 6 nitrogen and oxygen atoms in total. The Hall–Kier alpha value is -2.96. The van der Waals surface area contributed by atoms with Crippen LogP contribution in [0.5, 0.6) is 11.5 Å². The Morgan fingerprint density at radius 3 is 1.40 bits per heavy atom. The van der Waals surface area contributed by atoms with Crippen molar-refractivity contribution in [2.75, 3.05) is 13.2 Å². The highest BCUT2D eigenvalue weighted by Crippen LogP contribution is 2.17. The van der Waals surface area contributed by atoms with Gasteiger partial charge in [-0.1, -0.05) is 13.2 Å². The van der Waals surface area contributed by atoms with Gasteiger partial charge in [-0.15, -0.1) is 0 Å². The highest BCUT2D eigenvalue weighted by Gasteiger charge is 2.00. The number of hydrogen-bond donors (Lipinski definition) is 4. The molecule has 0 bridgehead atoms. The predicted octanol–water partition coefficient (Wildman–Crippen LogP) is 3.43. The Labute approximate surface area is 146 Å². The van der Waals surface area contributed by atoms with Crippen LogP contribution in [0, 0.1) is 0 Å². The summed E-state index contributed by atoms with van der Waals surface area (Å²) in [6.07, 6.45) is 0.735. The summed E-state index contributed by atoms with van der Waals surface area (Å²) in [5, 5.41) is 17.6. The Bertz CT molecular complexity index is 635. The van der Waals surface area contributed by atoms with Gasteiger partial charge in [0, 0.05) is 6.42 Å². The van der Waals surface area contributed by atoms with Crippen LogP contribution in [-0.4, -0.2) is 23.6 Å². The molecular formula is C19H22N2O4. The van der Waals surface area contributed by atoms with Crippen LogP contribution in [0.15, 0.2) is 61.7 Å². The number of rotatable bonds is 10. The first kappa shape index (κ1) is 18.4. The van der Waals surface area contributed by atoms with Crippen molar-refractivity contribution in [1.82, 2.24) is 11.0 Å². The summed E-state index contributed by atoms with van der Waals surface area (Å²) >= 11 is 0. The molecule has 4 N–H and O–H groups in total. The van der Waals surface area contributed by atoms with E-state index in [-0.39, 0.29) is 0 Å². The monoisotopic (exact) mass is 342 g/mol. The quantitative estimate of drug-likeness (QED) is 0.391. The summed E-state index contributed by atoms with van der Waals surface area (Å²) in [5.41, 5.74) is 6.49. The average Bonchev–Trinajstić information content (AvgIpc) is 2.67. The number of benzene rings is 2. The van der Waals surface area contributed by atoms with Crippen molar-refractivity contribution in [3.05, 3.63) is 72.8 Å². The van der Waals surface area contributed by atoms with E-state index in [0.29, 0.717) is 24.6 Å². The smallest absolute Gasteiger partial charge is 0.119 e. The summed E-state index contributed by atoms with van der Waals surface area (Å²) in [6.45, 7) is 8.40. The van der Waals surface area contributed by atoms with E-state index in [2.05, 4.69) is 13.2 Å². The molecule has 0 aromatic heterocycles. The fourth-order valence-electron chi connectivity index (χ4n) is 2.07. The van der Waals surface area contributed by atoms with Crippen LogP contribution in [0.25, 0.3) is 11.4 Å². The van der Waals surface area contributed by atoms with Crippen molar-refractivity contribution in [1.29, 1.82) is 0 Å². The Kier molecular flexibility index (Phi) is 6.88. The fraction of sp³-hybridized carbons (Fsp3) is 0.158. The molecule has 0 atom stereocenters. The highest BCUT2D eigenvalue weighted by molar-refractivity contribution is 5.61. The molecule has 2 aromatic rings. The van der Waals surface area contributed by atoms with Crippen LogP contribution in [0.3, 0.4) is 0 Å². The van der Waals surface area contributed by atoms with Gasteiger partial charge in [0.15, 0.2) is 0 Å². The third-order valence-electron chi connectivity index (χ3n) is 3.50. The molecular weight excluding hydrogens is 320 g/mol. The molecule has 25 heavy (non-hydrogen) atoms. The summed E-state index contributed by atoms with van der Waals surface area (Å²) in [6, 6.07) is 14.5. The zero-order valence-electron chi connectivity index (χ0n) is 13.9. The lowest BCUT2D eigenvalue weighted by atomic mass is 10.2. The van der Waals surface area contributed by atoms with Gasteiger partial charge < -0.3 is 9.47 Å². The average molecular weight is 342 g/mol. The van der Waals surface area contributed by atoms with Crippen LogP contribution in [-0.2, 0) is 0 Å². The van der Waals surface area contributed by atoms with Crippen LogP contribution in [0.1, 0.15) is 17.5 Å². The fourth-order valence-corrected chi connectivity index (χ4v) is 2.07. The largest absolute Gasteiger partial charge is 0.493 e. The summed E-state index contributed by atoms with van der Waals surface area (Å²) in [5.74, 6) is 1.49. The van der Waals surface area contributed by atoms with Gasteiger partial charge in [-0.3, -0.25) is 21.4 Å². The first-order valence-corrected chi connectivity index (χ1v) is 7.78. The number of ether oxygens (including phenoxy) is 2. The maximum atomic E-state index is 8.79. The van der Waals surface area contributed by atoms with Gasteiger partial charge in [0.05, 0.1) is 24.6 Å². The Morgan fingerprint density at radius 2 is 1.08 bits per heavy atom. The van der Waals surface area contributed by atoms with Crippen LogP contribution in [0.4, 0.5) is 0 Å². The number of nitrogens with one attached hydrogen (secondary N) is 2. The molecule has 0 radical (unpaired) electrons. The van der Waals surface area contributed by atoms with E-state index in [1.807, 2.05) is 59.5 Å². The summed E-state index contributed by atoms with van der Waals surface area (Å²) < 4.78 is 11.3. The molecule has 0 aliphatic rings. The third-order valence-corrected chi connectivity index (χ3v) is 3.50. The van der Waals surface area contributed by atoms with Crippen molar-refractivity contribution >= 4 is 11.4 Å². The molecule has 0 aliphatic carbocycles. The lowest BCUT2D eigenvalue weighted by Crippen LogP contribution is -2.06. The van der Waals surface area contributed by atoms with E-state index in [9.17, 15) is 0 Å². The molecule has 0 amide bonds. The van der Waals surface area contributed by atoms with Gasteiger partial charge in [0.25, 0.3) is 0 Å². The second kappa shape index (κ2) is 9.36. The molecule has 2 aromatic carbocycles. The highest BCUT2D eigenvalue weighted by atomic mass is 16.5. The molecule has 0 fully saturated rings. The van der Waals surface area contributed by atoms with E-state index >= 15 is 0 Å². The lowest BCUT2D eigenvalue weighted by molar-refractivity contribution is 0.225. The Balaban J connectivity index is 1.69. The molecule has 0 saturated carbocycles. The maximum absolute atomic E-state index is 8.79. The number of hydrogen-bond acceptors (Lipinski definition) is 6. The minimum atomic E-state index is 0.435. The van der Waals surface area contributed by atoms with Crippen LogP contribution < -0.4 is 20.4 Å². The van der Waals surface area contributed by atoms with Crippen molar-refractivity contribution in [3.8, 4) is 11.5 Å². The summed E-state index contributed by atoms with van der Waals surface area (Å²) in [7, 11) is 0. The van der Waals surface area contributed by atoms with E-state index in [4.69, 9.17) is 19.9 Å². The van der Waals surface area contributed by atoms with Gasteiger partial charge >= 0.3 is 0 Å². The van der Waals surface area contributed by atoms with E-state index in [1.165, 1.54) is 0 Å². The molecule has 0 saturated heterocycles. The molecule has 132 valence electrons. The Morgan fingerprint density at radius 1 is 0.720 bits per heavy atom. The topological polar surface area (TPSA) is 83.0 Å². The second-order valence-corrected chi connectivity index (χ2v) is 5.28. The minimum absolute atomic E-state index is 0.435. The van der Waals surface area contributed by atoms with Crippen molar-refractivity contribution in [3.63, 3.8) is 0 Å². The second-order valence-electron chi connectivity index (χ2n) is 5.28. The predicted molar refractivity (Wildman–Crippen MR) is 96.4 cm³/mol. The maximum Gasteiger partial charge on any atom is 0.119 e. The molecule has 6 heteroatoms. The molecule has 2 rings (SSSR count). The molecule has 0 unspecified atom stereocenters. The zero-order chi connectivity index (χ0) is 18.1. The van der Waals surface area contributed by atoms with Crippen molar-refractivity contribution in [2.45, 2.75) is 6.42 Å². The third kappa shape index (κ3) is 5.56.